The minimum Gasteiger partial charge on any atom is -0.103 e. The summed E-state index contributed by atoms with van der Waals surface area (Å²) in [6.07, 6.45) is 5.79. The first-order chi connectivity index (χ1) is 6.90. The molecule has 0 unspecified atom stereocenters. The van der Waals surface area contributed by atoms with Crippen molar-refractivity contribution in [3.8, 4) is 0 Å². The second-order valence-electron chi connectivity index (χ2n) is 5.43. The van der Waals surface area contributed by atoms with Gasteiger partial charge in [-0.25, -0.2) is 0 Å². The molecule has 0 bridgehead atoms. The lowest BCUT2D eigenvalue weighted by Crippen LogP contribution is -2.33. The molecular formula is C15H24. The van der Waals surface area contributed by atoms with Gasteiger partial charge in [-0.05, 0) is 50.4 Å². The van der Waals surface area contributed by atoms with Crippen molar-refractivity contribution in [3.63, 3.8) is 0 Å². The summed E-state index contributed by atoms with van der Waals surface area (Å²) in [4.78, 5) is 0. The van der Waals surface area contributed by atoms with Crippen LogP contribution >= 0.6 is 0 Å². The van der Waals surface area contributed by atoms with Gasteiger partial charge in [-0.3, -0.25) is 0 Å². The molecule has 0 aliphatic heterocycles. The van der Waals surface area contributed by atoms with Crippen molar-refractivity contribution in [1.82, 2.24) is 0 Å². The lowest BCUT2D eigenvalue weighted by atomic mass is 9.61. The molecule has 0 heteroatoms. The zero-order valence-corrected chi connectivity index (χ0v) is 10.5. The van der Waals surface area contributed by atoms with Crippen LogP contribution in [-0.4, -0.2) is 0 Å². The standard InChI is InChI=1S/C15H24/c1-7-15(6)9-8-13(11(2)3)10-14(15)12(4)5/h7,13-14H,1-2,4,8-10H2,3,5-6H3/t13-,14-,15+/m0/s1. The van der Waals surface area contributed by atoms with Crippen molar-refractivity contribution in [1.29, 1.82) is 0 Å². The minimum atomic E-state index is 0.248. The predicted molar refractivity (Wildman–Crippen MR) is 68.8 cm³/mol. The summed E-state index contributed by atoms with van der Waals surface area (Å²) in [6, 6.07) is 0. The van der Waals surface area contributed by atoms with Crippen molar-refractivity contribution in [2.75, 3.05) is 0 Å². The third-order valence-corrected chi connectivity index (χ3v) is 4.11. The van der Waals surface area contributed by atoms with Gasteiger partial charge >= 0.3 is 0 Å². The topological polar surface area (TPSA) is 0 Å². The van der Waals surface area contributed by atoms with E-state index < -0.39 is 0 Å². The van der Waals surface area contributed by atoms with Gasteiger partial charge in [0.05, 0.1) is 0 Å². The Kier molecular flexibility index (Phi) is 3.59. The van der Waals surface area contributed by atoms with Gasteiger partial charge in [0, 0.05) is 0 Å². The number of rotatable bonds is 3. The van der Waals surface area contributed by atoms with E-state index in [-0.39, 0.29) is 5.41 Å². The van der Waals surface area contributed by atoms with Crippen molar-refractivity contribution in [2.24, 2.45) is 17.3 Å². The van der Waals surface area contributed by atoms with Crippen LogP contribution in [0.1, 0.15) is 40.0 Å². The molecule has 84 valence electrons. The maximum Gasteiger partial charge on any atom is -0.00836 e. The molecule has 0 heterocycles. The summed E-state index contributed by atoms with van der Waals surface area (Å²) in [5, 5.41) is 0. The maximum absolute atomic E-state index is 4.14. The molecule has 15 heavy (non-hydrogen) atoms. The summed E-state index contributed by atoms with van der Waals surface area (Å²) in [5.74, 6) is 1.25. The average molecular weight is 204 g/mol. The van der Waals surface area contributed by atoms with Gasteiger partial charge in [0.25, 0.3) is 0 Å². The first-order valence-electron chi connectivity index (χ1n) is 5.85. The lowest BCUT2D eigenvalue weighted by molar-refractivity contribution is 0.170. The zero-order valence-electron chi connectivity index (χ0n) is 10.5. The predicted octanol–water partition coefficient (Wildman–Crippen LogP) is 4.75. The monoisotopic (exact) mass is 204 g/mol. The molecule has 0 amide bonds. The van der Waals surface area contributed by atoms with Crippen LogP contribution in [0, 0.1) is 17.3 Å². The van der Waals surface area contributed by atoms with E-state index in [1.165, 1.54) is 30.4 Å². The lowest BCUT2D eigenvalue weighted by Gasteiger charge is -2.43. The van der Waals surface area contributed by atoms with E-state index in [2.05, 4.69) is 46.6 Å². The fourth-order valence-corrected chi connectivity index (χ4v) is 2.79. The molecule has 0 aromatic carbocycles. The van der Waals surface area contributed by atoms with E-state index in [9.17, 15) is 0 Å². The molecule has 1 aliphatic carbocycles. The van der Waals surface area contributed by atoms with Crippen LogP contribution < -0.4 is 0 Å². The van der Waals surface area contributed by atoms with Gasteiger partial charge < -0.3 is 0 Å². The second kappa shape index (κ2) is 4.38. The Labute approximate surface area is 94.8 Å². The number of hydrogen-bond acceptors (Lipinski definition) is 0. The van der Waals surface area contributed by atoms with Gasteiger partial charge in [-0.15, -0.1) is 6.58 Å². The number of allylic oxidation sites excluding steroid dienone is 3. The van der Waals surface area contributed by atoms with Crippen molar-refractivity contribution >= 4 is 0 Å². The molecule has 0 nitrogen and oxygen atoms in total. The molecule has 0 radical (unpaired) electrons. The van der Waals surface area contributed by atoms with Crippen LogP contribution in [0.5, 0.6) is 0 Å². The Morgan fingerprint density at radius 2 is 1.87 bits per heavy atom. The average Bonchev–Trinajstić information content (AvgIpc) is 2.17. The highest BCUT2D eigenvalue weighted by molar-refractivity contribution is 5.15. The Morgan fingerprint density at radius 3 is 2.27 bits per heavy atom. The van der Waals surface area contributed by atoms with Gasteiger partial charge in [-0.1, -0.05) is 37.3 Å². The van der Waals surface area contributed by atoms with E-state index in [0.29, 0.717) is 11.8 Å². The van der Waals surface area contributed by atoms with Crippen LogP contribution in [0.15, 0.2) is 37.0 Å². The quantitative estimate of drug-likeness (QED) is 0.582. The molecule has 1 saturated carbocycles. The maximum atomic E-state index is 4.14. The highest BCUT2D eigenvalue weighted by Gasteiger charge is 2.38. The first kappa shape index (κ1) is 12.3. The summed E-state index contributed by atoms with van der Waals surface area (Å²) in [6.45, 7) is 18.8. The highest BCUT2D eigenvalue weighted by atomic mass is 14.4. The summed E-state index contributed by atoms with van der Waals surface area (Å²) < 4.78 is 0. The van der Waals surface area contributed by atoms with Crippen molar-refractivity contribution in [3.05, 3.63) is 37.0 Å². The Morgan fingerprint density at radius 1 is 1.27 bits per heavy atom. The summed E-state index contributed by atoms with van der Waals surface area (Å²) in [7, 11) is 0. The fourth-order valence-electron chi connectivity index (χ4n) is 2.79. The molecule has 0 aromatic heterocycles. The van der Waals surface area contributed by atoms with Crippen molar-refractivity contribution < 1.29 is 0 Å². The third-order valence-electron chi connectivity index (χ3n) is 4.11. The molecule has 0 saturated heterocycles. The molecule has 0 spiro atoms. The van der Waals surface area contributed by atoms with Gasteiger partial charge in [0.2, 0.25) is 0 Å². The normalized spacial score (nSPS) is 35.9. The SMILES string of the molecule is C=C[C@]1(C)CC[C@H](C(=C)C)C[C@H]1C(=C)C. The second-order valence-corrected chi connectivity index (χ2v) is 5.43. The first-order valence-corrected chi connectivity index (χ1v) is 5.85. The van der Waals surface area contributed by atoms with Crippen LogP contribution in [0.25, 0.3) is 0 Å². The van der Waals surface area contributed by atoms with Crippen molar-refractivity contribution in [2.45, 2.75) is 40.0 Å². The van der Waals surface area contributed by atoms with E-state index >= 15 is 0 Å². The molecule has 1 aliphatic rings. The van der Waals surface area contributed by atoms with Crippen LogP contribution in [0.4, 0.5) is 0 Å². The molecule has 3 atom stereocenters. The van der Waals surface area contributed by atoms with Gasteiger partial charge in [-0.2, -0.15) is 0 Å². The molecule has 1 fully saturated rings. The van der Waals surface area contributed by atoms with Crippen LogP contribution in [0.2, 0.25) is 0 Å². The van der Waals surface area contributed by atoms with Gasteiger partial charge in [0.1, 0.15) is 0 Å². The fraction of sp³-hybridized carbons (Fsp3) is 0.600. The Bertz CT molecular complexity index is 284. The molecule has 1 rings (SSSR count). The smallest absolute Gasteiger partial charge is 0.00836 e. The van der Waals surface area contributed by atoms with Crippen LogP contribution in [0.3, 0.4) is 0 Å². The number of hydrogen-bond donors (Lipinski definition) is 0. The van der Waals surface area contributed by atoms with E-state index in [0.717, 1.165) is 0 Å². The van der Waals surface area contributed by atoms with Gasteiger partial charge in [0.15, 0.2) is 0 Å². The van der Waals surface area contributed by atoms with E-state index in [1.54, 1.807) is 0 Å². The Balaban J connectivity index is 2.88. The third kappa shape index (κ3) is 2.42. The van der Waals surface area contributed by atoms with Crippen LogP contribution in [-0.2, 0) is 0 Å². The van der Waals surface area contributed by atoms with E-state index in [1.807, 2.05) is 0 Å². The largest absolute Gasteiger partial charge is 0.103 e. The molecule has 0 N–H and O–H groups in total. The highest BCUT2D eigenvalue weighted by Crippen LogP contribution is 2.48. The molecular weight excluding hydrogens is 180 g/mol. The molecule has 0 aromatic rings. The van der Waals surface area contributed by atoms with E-state index in [4.69, 9.17) is 0 Å². The summed E-state index contributed by atoms with van der Waals surface area (Å²) in [5.41, 5.74) is 2.87. The Hall–Kier alpha value is -0.780. The zero-order chi connectivity index (χ0) is 11.6. The summed E-state index contributed by atoms with van der Waals surface area (Å²) >= 11 is 0. The minimum absolute atomic E-state index is 0.248.